The van der Waals surface area contributed by atoms with Crippen LogP contribution in [0.1, 0.15) is 38.7 Å². The zero-order valence-electron chi connectivity index (χ0n) is 13.4. The molecule has 1 saturated heterocycles. The van der Waals surface area contributed by atoms with Crippen molar-refractivity contribution in [1.82, 2.24) is 10.2 Å². The molecule has 2 rings (SSSR count). The van der Waals surface area contributed by atoms with Gasteiger partial charge >= 0.3 is 0 Å². The lowest BCUT2D eigenvalue weighted by molar-refractivity contribution is 0.133. The third kappa shape index (κ3) is 4.92. The van der Waals surface area contributed by atoms with Gasteiger partial charge in [0.05, 0.1) is 0 Å². The molecular formula is C18H30N2. The predicted octanol–water partition coefficient (Wildman–Crippen LogP) is 3.33. The Bertz CT molecular complexity index is 380. The van der Waals surface area contributed by atoms with Crippen LogP contribution in [0.15, 0.2) is 30.3 Å². The Balaban J connectivity index is 1.68. The number of likely N-dealkylation sites (tertiary alicyclic amines) is 1. The van der Waals surface area contributed by atoms with Crippen LogP contribution >= 0.6 is 0 Å². The van der Waals surface area contributed by atoms with E-state index in [1.54, 1.807) is 0 Å². The smallest absolute Gasteiger partial charge is 0.00421 e. The van der Waals surface area contributed by atoms with E-state index >= 15 is 0 Å². The van der Waals surface area contributed by atoms with Crippen LogP contribution in [-0.2, 0) is 6.42 Å². The molecule has 0 spiro atoms. The highest BCUT2D eigenvalue weighted by molar-refractivity contribution is 5.14. The number of rotatable bonds is 6. The molecular weight excluding hydrogens is 244 g/mol. The molecule has 112 valence electrons. The van der Waals surface area contributed by atoms with Gasteiger partial charge in [0.25, 0.3) is 0 Å². The number of nitrogens with zero attached hydrogens (tertiary/aromatic N) is 1. The molecule has 0 saturated carbocycles. The van der Waals surface area contributed by atoms with Crippen LogP contribution in [0.3, 0.4) is 0 Å². The Labute approximate surface area is 124 Å². The normalized spacial score (nSPS) is 20.8. The lowest BCUT2D eigenvalue weighted by Crippen LogP contribution is -2.44. The minimum atomic E-state index is 0.494. The largest absolute Gasteiger partial charge is 0.314 e. The summed E-state index contributed by atoms with van der Waals surface area (Å²) in [7, 11) is 2.23. The number of aryl methyl sites for hydroxylation is 1. The van der Waals surface area contributed by atoms with Gasteiger partial charge in [0.1, 0.15) is 0 Å². The summed E-state index contributed by atoms with van der Waals surface area (Å²) in [6, 6.07) is 11.4. The zero-order valence-corrected chi connectivity index (χ0v) is 13.4. The van der Waals surface area contributed by atoms with Gasteiger partial charge in [-0.15, -0.1) is 0 Å². The van der Waals surface area contributed by atoms with Gasteiger partial charge in [-0.1, -0.05) is 37.3 Å². The zero-order chi connectivity index (χ0) is 14.4. The summed E-state index contributed by atoms with van der Waals surface area (Å²) in [5.41, 5.74) is 1.94. The number of hydrogen-bond acceptors (Lipinski definition) is 2. The third-order valence-corrected chi connectivity index (χ3v) is 4.78. The standard InChI is InChI=1S/C18H30N2/c1-16(9-10-17-7-5-4-6-8-17)19-15-18(2)11-13-20(3)14-12-18/h4-8,16,19H,9-15H2,1-3H3. The minimum absolute atomic E-state index is 0.494. The molecule has 0 radical (unpaired) electrons. The van der Waals surface area contributed by atoms with E-state index < -0.39 is 0 Å². The highest BCUT2D eigenvalue weighted by Gasteiger charge is 2.28. The molecule has 0 aliphatic carbocycles. The Hall–Kier alpha value is -0.860. The summed E-state index contributed by atoms with van der Waals surface area (Å²) < 4.78 is 0. The second-order valence-electron chi connectivity index (χ2n) is 6.92. The predicted molar refractivity (Wildman–Crippen MR) is 87.1 cm³/mol. The monoisotopic (exact) mass is 274 g/mol. The SMILES string of the molecule is CC(CCc1ccccc1)NCC1(C)CCN(C)CC1. The van der Waals surface area contributed by atoms with Crippen molar-refractivity contribution in [2.75, 3.05) is 26.7 Å². The number of nitrogens with one attached hydrogen (secondary N) is 1. The van der Waals surface area contributed by atoms with E-state index in [2.05, 4.69) is 61.4 Å². The van der Waals surface area contributed by atoms with Crippen LogP contribution in [-0.4, -0.2) is 37.6 Å². The topological polar surface area (TPSA) is 15.3 Å². The van der Waals surface area contributed by atoms with Gasteiger partial charge in [-0.2, -0.15) is 0 Å². The summed E-state index contributed by atoms with van der Waals surface area (Å²) in [6.45, 7) is 8.42. The van der Waals surface area contributed by atoms with Crippen LogP contribution in [0.2, 0.25) is 0 Å². The first-order valence-electron chi connectivity index (χ1n) is 8.03. The molecule has 20 heavy (non-hydrogen) atoms. The second-order valence-corrected chi connectivity index (χ2v) is 6.92. The highest BCUT2D eigenvalue weighted by atomic mass is 15.1. The first-order chi connectivity index (χ1) is 9.57. The molecule has 1 aliphatic rings. The van der Waals surface area contributed by atoms with Crippen LogP contribution in [0.25, 0.3) is 0 Å². The van der Waals surface area contributed by atoms with Crippen LogP contribution in [0.5, 0.6) is 0 Å². The Morgan fingerprint density at radius 2 is 1.85 bits per heavy atom. The molecule has 0 bridgehead atoms. The molecule has 2 heteroatoms. The van der Waals surface area contributed by atoms with Crippen molar-refractivity contribution in [3.63, 3.8) is 0 Å². The Morgan fingerprint density at radius 1 is 1.20 bits per heavy atom. The lowest BCUT2D eigenvalue weighted by atomic mass is 9.80. The fourth-order valence-electron chi connectivity index (χ4n) is 2.89. The van der Waals surface area contributed by atoms with Crippen molar-refractivity contribution in [1.29, 1.82) is 0 Å². The van der Waals surface area contributed by atoms with Gasteiger partial charge in [0.2, 0.25) is 0 Å². The number of piperidine rings is 1. The molecule has 1 aromatic rings. The molecule has 1 heterocycles. The van der Waals surface area contributed by atoms with E-state index in [1.807, 2.05) is 0 Å². The van der Waals surface area contributed by atoms with Crippen LogP contribution < -0.4 is 5.32 Å². The van der Waals surface area contributed by atoms with Crippen LogP contribution in [0.4, 0.5) is 0 Å². The third-order valence-electron chi connectivity index (χ3n) is 4.78. The van der Waals surface area contributed by atoms with Gasteiger partial charge in [-0.3, -0.25) is 0 Å². The summed E-state index contributed by atoms with van der Waals surface area (Å²) in [6.07, 6.45) is 5.04. The molecule has 1 aromatic carbocycles. The Kier molecular flexibility index (Phi) is 5.62. The van der Waals surface area contributed by atoms with Gasteiger partial charge < -0.3 is 10.2 Å². The number of hydrogen-bond donors (Lipinski definition) is 1. The van der Waals surface area contributed by atoms with E-state index in [-0.39, 0.29) is 0 Å². The van der Waals surface area contributed by atoms with Gasteiger partial charge in [0.15, 0.2) is 0 Å². The summed E-state index contributed by atoms with van der Waals surface area (Å²) in [4.78, 5) is 2.45. The summed E-state index contributed by atoms with van der Waals surface area (Å²) in [5.74, 6) is 0. The molecule has 1 N–H and O–H groups in total. The van der Waals surface area contributed by atoms with Crippen molar-refractivity contribution in [3.05, 3.63) is 35.9 Å². The van der Waals surface area contributed by atoms with Crippen molar-refractivity contribution < 1.29 is 0 Å². The second kappa shape index (κ2) is 7.24. The molecule has 1 aliphatic heterocycles. The minimum Gasteiger partial charge on any atom is -0.314 e. The van der Waals surface area contributed by atoms with Crippen molar-refractivity contribution in [2.24, 2.45) is 5.41 Å². The highest BCUT2D eigenvalue weighted by Crippen LogP contribution is 2.29. The van der Waals surface area contributed by atoms with Crippen molar-refractivity contribution >= 4 is 0 Å². The quantitative estimate of drug-likeness (QED) is 0.856. The molecule has 1 unspecified atom stereocenters. The van der Waals surface area contributed by atoms with Crippen LogP contribution in [0, 0.1) is 5.41 Å². The van der Waals surface area contributed by atoms with Crippen molar-refractivity contribution in [3.8, 4) is 0 Å². The van der Waals surface area contributed by atoms with Gasteiger partial charge in [-0.25, -0.2) is 0 Å². The summed E-state index contributed by atoms with van der Waals surface area (Å²) in [5, 5.41) is 3.76. The summed E-state index contributed by atoms with van der Waals surface area (Å²) >= 11 is 0. The molecule has 0 amide bonds. The Morgan fingerprint density at radius 3 is 2.50 bits per heavy atom. The van der Waals surface area contributed by atoms with Crippen molar-refractivity contribution in [2.45, 2.75) is 45.6 Å². The average molecular weight is 274 g/mol. The van der Waals surface area contributed by atoms with E-state index in [4.69, 9.17) is 0 Å². The maximum absolute atomic E-state index is 3.76. The van der Waals surface area contributed by atoms with E-state index in [0.717, 1.165) is 6.54 Å². The number of benzene rings is 1. The fraction of sp³-hybridized carbons (Fsp3) is 0.667. The molecule has 2 nitrogen and oxygen atoms in total. The lowest BCUT2D eigenvalue weighted by Gasteiger charge is -2.38. The van der Waals surface area contributed by atoms with Gasteiger partial charge in [-0.05, 0) is 63.7 Å². The fourth-order valence-corrected chi connectivity index (χ4v) is 2.89. The van der Waals surface area contributed by atoms with E-state index in [9.17, 15) is 0 Å². The molecule has 1 atom stereocenters. The van der Waals surface area contributed by atoms with E-state index in [1.165, 1.54) is 44.3 Å². The average Bonchev–Trinajstić information content (AvgIpc) is 2.48. The maximum atomic E-state index is 3.76. The first kappa shape index (κ1) is 15.5. The maximum Gasteiger partial charge on any atom is 0.00421 e. The van der Waals surface area contributed by atoms with E-state index in [0.29, 0.717) is 11.5 Å². The first-order valence-corrected chi connectivity index (χ1v) is 8.03. The van der Waals surface area contributed by atoms with Gasteiger partial charge in [0, 0.05) is 12.6 Å². The molecule has 0 aromatic heterocycles. The molecule has 1 fully saturated rings.